The van der Waals surface area contributed by atoms with Gasteiger partial charge in [-0.1, -0.05) is 6.08 Å². The van der Waals surface area contributed by atoms with Crippen molar-refractivity contribution in [2.45, 2.75) is 18.9 Å². The van der Waals surface area contributed by atoms with Crippen molar-refractivity contribution in [3.8, 4) is 0 Å². The number of methoxy groups -OCH3 is 1. The van der Waals surface area contributed by atoms with Gasteiger partial charge >= 0.3 is 0 Å². The van der Waals surface area contributed by atoms with Gasteiger partial charge in [-0.2, -0.15) is 0 Å². The lowest BCUT2D eigenvalue weighted by atomic mass is 10.0. The van der Waals surface area contributed by atoms with Crippen LogP contribution in [0.5, 0.6) is 0 Å². The summed E-state index contributed by atoms with van der Waals surface area (Å²) in [4.78, 5) is 11.4. The fraction of sp³-hybridized carbons (Fsp3) is 0.769. The van der Waals surface area contributed by atoms with Crippen molar-refractivity contribution >= 4 is 5.78 Å². The smallest absolute Gasteiger partial charge is 0.184 e. The van der Waals surface area contributed by atoms with E-state index in [1.54, 1.807) is 13.2 Å². The lowest BCUT2D eigenvalue weighted by Gasteiger charge is -2.17. The molecule has 0 spiro atoms. The summed E-state index contributed by atoms with van der Waals surface area (Å²) in [5.41, 5.74) is 0. The van der Waals surface area contributed by atoms with Crippen LogP contribution >= 0.6 is 0 Å². The molecule has 1 unspecified atom stereocenters. The molecule has 0 aromatic rings. The van der Waals surface area contributed by atoms with Crippen molar-refractivity contribution in [2.75, 3.05) is 46.8 Å². The van der Waals surface area contributed by atoms with Crippen LogP contribution in [0.15, 0.2) is 12.2 Å². The van der Waals surface area contributed by atoms with Crippen LogP contribution in [0.3, 0.4) is 0 Å². The molecule has 0 heterocycles. The largest absolute Gasteiger partial charge is 0.382 e. The van der Waals surface area contributed by atoms with E-state index in [0.29, 0.717) is 39.6 Å². The quantitative estimate of drug-likeness (QED) is 0.547. The minimum Gasteiger partial charge on any atom is -0.382 e. The first-order chi connectivity index (χ1) is 8.84. The molecule has 1 aliphatic carbocycles. The van der Waals surface area contributed by atoms with Gasteiger partial charge < -0.3 is 18.9 Å². The Bertz CT molecular complexity index is 252. The summed E-state index contributed by atoms with van der Waals surface area (Å²) in [5, 5.41) is 0. The van der Waals surface area contributed by atoms with E-state index in [4.69, 9.17) is 18.9 Å². The first-order valence-electron chi connectivity index (χ1n) is 6.31. The van der Waals surface area contributed by atoms with Crippen LogP contribution in [0.4, 0.5) is 0 Å². The van der Waals surface area contributed by atoms with E-state index >= 15 is 0 Å². The maximum atomic E-state index is 11.4. The van der Waals surface area contributed by atoms with Gasteiger partial charge in [0.2, 0.25) is 0 Å². The molecule has 0 saturated carbocycles. The molecule has 0 radical (unpaired) electrons. The van der Waals surface area contributed by atoms with Gasteiger partial charge in [-0.3, -0.25) is 4.79 Å². The third kappa shape index (κ3) is 6.86. The summed E-state index contributed by atoms with van der Waals surface area (Å²) in [7, 11) is 1.64. The zero-order chi connectivity index (χ0) is 13.1. The molecule has 104 valence electrons. The molecule has 0 saturated heterocycles. The van der Waals surface area contributed by atoms with Crippen LogP contribution in [0.2, 0.25) is 0 Å². The molecule has 0 bridgehead atoms. The monoisotopic (exact) mass is 258 g/mol. The van der Waals surface area contributed by atoms with E-state index in [0.717, 1.165) is 12.8 Å². The van der Waals surface area contributed by atoms with E-state index < -0.39 is 0 Å². The van der Waals surface area contributed by atoms with E-state index in [9.17, 15) is 4.79 Å². The molecule has 0 amide bonds. The first-order valence-corrected chi connectivity index (χ1v) is 6.31. The van der Waals surface area contributed by atoms with Crippen molar-refractivity contribution < 1.29 is 23.7 Å². The highest BCUT2D eigenvalue weighted by atomic mass is 16.6. The topological polar surface area (TPSA) is 54.0 Å². The van der Waals surface area contributed by atoms with Crippen molar-refractivity contribution in [1.29, 1.82) is 0 Å². The lowest BCUT2D eigenvalue weighted by Crippen LogP contribution is -2.26. The van der Waals surface area contributed by atoms with Crippen LogP contribution in [0, 0.1) is 0 Å². The Hall–Kier alpha value is -0.750. The summed E-state index contributed by atoms with van der Waals surface area (Å²) >= 11 is 0. The zero-order valence-corrected chi connectivity index (χ0v) is 10.9. The van der Waals surface area contributed by atoms with Gasteiger partial charge in [-0.25, -0.2) is 0 Å². The number of hydrogen-bond donors (Lipinski definition) is 0. The maximum Gasteiger partial charge on any atom is 0.184 e. The molecule has 0 N–H and O–H groups in total. The molecule has 5 heteroatoms. The molecule has 18 heavy (non-hydrogen) atoms. The number of carbonyl (C=O) groups excluding carboxylic acids is 1. The SMILES string of the molecule is COCCOCCOCCOC1CCC=CC1=O. The summed E-state index contributed by atoms with van der Waals surface area (Å²) in [5.74, 6) is 0.0594. The summed E-state index contributed by atoms with van der Waals surface area (Å²) in [6.45, 7) is 3.20. The molecular weight excluding hydrogens is 236 g/mol. The molecular formula is C13H22O5. The summed E-state index contributed by atoms with van der Waals surface area (Å²) in [6, 6.07) is 0. The van der Waals surface area contributed by atoms with Crippen molar-refractivity contribution in [2.24, 2.45) is 0 Å². The molecule has 1 rings (SSSR count). The van der Waals surface area contributed by atoms with Crippen molar-refractivity contribution in [1.82, 2.24) is 0 Å². The maximum absolute atomic E-state index is 11.4. The molecule has 0 fully saturated rings. The van der Waals surface area contributed by atoms with E-state index in [1.165, 1.54) is 0 Å². The second-order valence-electron chi connectivity index (χ2n) is 3.96. The molecule has 5 nitrogen and oxygen atoms in total. The Morgan fingerprint density at radius 3 is 2.44 bits per heavy atom. The minimum atomic E-state index is -0.281. The molecule has 0 aromatic heterocycles. The van der Waals surface area contributed by atoms with Gasteiger partial charge in [0.25, 0.3) is 0 Å². The second-order valence-corrected chi connectivity index (χ2v) is 3.96. The number of ketones is 1. The number of rotatable bonds is 10. The third-order valence-corrected chi connectivity index (χ3v) is 2.55. The molecule has 0 aliphatic heterocycles. The van der Waals surface area contributed by atoms with Gasteiger partial charge in [0.15, 0.2) is 5.78 Å². The average Bonchev–Trinajstić information content (AvgIpc) is 2.39. The Morgan fingerprint density at radius 2 is 1.78 bits per heavy atom. The van der Waals surface area contributed by atoms with E-state index in [-0.39, 0.29) is 11.9 Å². The van der Waals surface area contributed by atoms with Crippen LogP contribution in [-0.4, -0.2) is 58.6 Å². The van der Waals surface area contributed by atoms with Gasteiger partial charge in [0.05, 0.1) is 39.6 Å². The van der Waals surface area contributed by atoms with Crippen LogP contribution in [0.1, 0.15) is 12.8 Å². The first kappa shape index (κ1) is 15.3. The summed E-state index contributed by atoms with van der Waals surface area (Å²) < 4.78 is 20.8. The summed E-state index contributed by atoms with van der Waals surface area (Å²) in [6.07, 6.45) is 4.88. The molecule has 1 atom stereocenters. The minimum absolute atomic E-state index is 0.0594. The number of carbonyl (C=O) groups is 1. The van der Waals surface area contributed by atoms with Crippen molar-refractivity contribution in [3.05, 3.63) is 12.2 Å². The molecule has 1 aliphatic rings. The third-order valence-electron chi connectivity index (χ3n) is 2.55. The number of ether oxygens (including phenoxy) is 4. The lowest BCUT2D eigenvalue weighted by molar-refractivity contribution is -0.127. The van der Waals surface area contributed by atoms with Crippen LogP contribution in [0.25, 0.3) is 0 Å². The Kier molecular flexibility index (Phi) is 8.67. The highest BCUT2D eigenvalue weighted by Crippen LogP contribution is 2.10. The predicted octanol–water partition coefficient (Wildman–Crippen LogP) is 0.970. The Balaban J connectivity index is 1.86. The number of hydrogen-bond acceptors (Lipinski definition) is 5. The van der Waals surface area contributed by atoms with Gasteiger partial charge in [-0.05, 0) is 18.9 Å². The van der Waals surface area contributed by atoms with Gasteiger partial charge in [-0.15, -0.1) is 0 Å². The fourth-order valence-corrected chi connectivity index (χ4v) is 1.58. The standard InChI is InChI=1S/C13H22O5/c1-15-6-7-16-8-9-17-10-11-18-13-5-3-2-4-12(13)14/h2,4,13H,3,5-11H2,1H3. The van der Waals surface area contributed by atoms with Gasteiger partial charge in [0, 0.05) is 7.11 Å². The Labute approximate surface area is 108 Å². The second kappa shape index (κ2) is 10.2. The normalized spacial score (nSPS) is 19.4. The van der Waals surface area contributed by atoms with Crippen molar-refractivity contribution in [3.63, 3.8) is 0 Å². The predicted molar refractivity (Wildman–Crippen MR) is 66.6 cm³/mol. The van der Waals surface area contributed by atoms with Crippen LogP contribution < -0.4 is 0 Å². The highest BCUT2D eigenvalue weighted by Gasteiger charge is 2.18. The average molecular weight is 258 g/mol. The fourth-order valence-electron chi connectivity index (χ4n) is 1.58. The molecule has 0 aromatic carbocycles. The zero-order valence-electron chi connectivity index (χ0n) is 10.9. The van der Waals surface area contributed by atoms with E-state index in [1.807, 2.05) is 6.08 Å². The van der Waals surface area contributed by atoms with E-state index in [2.05, 4.69) is 0 Å². The van der Waals surface area contributed by atoms with Crippen LogP contribution in [-0.2, 0) is 23.7 Å². The highest BCUT2D eigenvalue weighted by molar-refractivity contribution is 5.94. The Morgan fingerprint density at radius 1 is 1.11 bits per heavy atom. The van der Waals surface area contributed by atoms with Gasteiger partial charge in [0.1, 0.15) is 6.10 Å². The number of allylic oxidation sites excluding steroid dienone is 1.